The van der Waals surface area contributed by atoms with E-state index in [1.807, 2.05) is 0 Å². The van der Waals surface area contributed by atoms with Crippen LogP contribution in [0.25, 0.3) is 0 Å². The second kappa shape index (κ2) is 10.9. The Balaban J connectivity index is 2.43. The number of nitrogens with zero attached hydrogens (tertiary/aromatic N) is 2. The van der Waals surface area contributed by atoms with Gasteiger partial charge in [0, 0.05) is 13.6 Å². The largest absolute Gasteiger partial charge is 0.497 e. The molecule has 0 aliphatic heterocycles. The molecule has 1 N–H and O–H groups in total. The van der Waals surface area contributed by atoms with Crippen molar-refractivity contribution in [2.75, 3.05) is 31.3 Å². The summed E-state index contributed by atoms with van der Waals surface area (Å²) in [5, 5.41) is 2.54. The van der Waals surface area contributed by atoms with Gasteiger partial charge in [-0.05, 0) is 42.3 Å². The van der Waals surface area contributed by atoms with Crippen molar-refractivity contribution in [2.24, 2.45) is 0 Å². The predicted molar refractivity (Wildman–Crippen MR) is 120 cm³/mol. The average molecular weight is 466 g/mol. The van der Waals surface area contributed by atoms with Crippen LogP contribution in [0, 0.1) is 5.82 Å². The maximum atomic E-state index is 13.7. The highest BCUT2D eigenvalue weighted by atomic mass is 32.2. The summed E-state index contributed by atoms with van der Waals surface area (Å²) in [4.78, 5) is 27.2. The summed E-state index contributed by atoms with van der Waals surface area (Å²) in [6.45, 7) is 1.23. The Bertz CT molecular complexity index is 1060. The fraction of sp³-hybridized carbons (Fsp3) is 0.364. The van der Waals surface area contributed by atoms with E-state index in [1.54, 1.807) is 31.2 Å². The Hall–Kier alpha value is -3.14. The highest BCUT2D eigenvalue weighted by Crippen LogP contribution is 2.21. The Morgan fingerprint density at radius 2 is 1.84 bits per heavy atom. The van der Waals surface area contributed by atoms with Crippen molar-refractivity contribution in [2.45, 2.75) is 25.9 Å². The zero-order valence-electron chi connectivity index (χ0n) is 18.5. The molecule has 1 unspecified atom stereocenters. The molecule has 2 aromatic carbocycles. The molecule has 0 radical (unpaired) electrons. The molecule has 174 valence electrons. The van der Waals surface area contributed by atoms with Gasteiger partial charge in [0.05, 0.1) is 19.1 Å². The van der Waals surface area contributed by atoms with Crippen molar-refractivity contribution in [3.63, 3.8) is 0 Å². The minimum atomic E-state index is -3.91. The topological polar surface area (TPSA) is 96.0 Å². The van der Waals surface area contributed by atoms with Gasteiger partial charge in [-0.25, -0.2) is 12.8 Å². The van der Waals surface area contributed by atoms with Gasteiger partial charge in [-0.2, -0.15) is 0 Å². The highest BCUT2D eigenvalue weighted by molar-refractivity contribution is 7.92. The number of amides is 2. The summed E-state index contributed by atoms with van der Waals surface area (Å²) >= 11 is 0. The molecule has 32 heavy (non-hydrogen) atoms. The molecule has 2 rings (SSSR count). The van der Waals surface area contributed by atoms with E-state index in [4.69, 9.17) is 4.74 Å². The molecule has 0 saturated heterocycles. The lowest BCUT2D eigenvalue weighted by molar-refractivity contribution is -0.140. The number of nitrogens with one attached hydrogen (secondary N) is 1. The van der Waals surface area contributed by atoms with Gasteiger partial charge in [0.15, 0.2) is 0 Å². The van der Waals surface area contributed by atoms with Gasteiger partial charge in [-0.15, -0.1) is 0 Å². The zero-order chi connectivity index (χ0) is 23.9. The van der Waals surface area contributed by atoms with Gasteiger partial charge in [-0.3, -0.25) is 13.9 Å². The van der Waals surface area contributed by atoms with Crippen molar-refractivity contribution >= 4 is 27.5 Å². The van der Waals surface area contributed by atoms with Crippen molar-refractivity contribution in [3.8, 4) is 5.75 Å². The minimum absolute atomic E-state index is 0.0233. The third kappa shape index (κ3) is 6.43. The first-order valence-corrected chi connectivity index (χ1v) is 11.8. The fourth-order valence-electron chi connectivity index (χ4n) is 3.30. The van der Waals surface area contributed by atoms with Crippen LogP contribution in [0.15, 0.2) is 48.5 Å². The van der Waals surface area contributed by atoms with Crippen molar-refractivity contribution in [1.82, 2.24) is 10.2 Å². The van der Waals surface area contributed by atoms with Crippen LogP contribution >= 0.6 is 0 Å². The summed E-state index contributed by atoms with van der Waals surface area (Å²) < 4.78 is 44.6. The number of methoxy groups -OCH3 is 1. The van der Waals surface area contributed by atoms with Crippen LogP contribution in [0.2, 0.25) is 0 Å². The number of hydrogen-bond acceptors (Lipinski definition) is 5. The molecular formula is C22H28FN3O5S. The van der Waals surface area contributed by atoms with E-state index in [1.165, 1.54) is 37.3 Å². The van der Waals surface area contributed by atoms with Crippen LogP contribution in [-0.2, 0) is 26.2 Å². The van der Waals surface area contributed by atoms with Crippen molar-refractivity contribution in [3.05, 3.63) is 59.9 Å². The Morgan fingerprint density at radius 1 is 1.16 bits per heavy atom. The maximum absolute atomic E-state index is 13.7. The van der Waals surface area contributed by atoms with Crippen LogP contribution in [-0.4, -0.2) is 58.1 Å². The fourth-order valence-corrected chi connectivity index (χ4v) is 4.14. The minimum Gasteiger partial charge on any atom is -0.497 e. The molecule has 0 fully saturated rings. The lowest BCUT2D eigenvalue weighted by Crippen LogP contribution is -2.51. The lowest BCUT2D eigenvalue weighted by Gasteiger charge is -2.32. The average Bonchev–Trinajstić information content (AvgIpc) is 2.76. The quantitative estimate of drug-likeness (QED) is 0.580. The van der Waals surface area contributed by atoms with Gasteiger partial charge < -0.3 is 15.0 Å². The van der Waals surface area contributed by atoms with Gasteiger partial charge >= 0.3 is 0 Å². The van der Waals surface area contributed by atoms with E-state index < -0.39 is 34.3 Å². The number of anilines is 1. The first-order valence-electron chi connectivity index (χ1n) is 9.98. The normalized spacial score (nSPS) is 12.0. The van der Waals surface area contributed by atoms with Crippen LogP contribution in [0.1, 0.15) is 18.9 Å². The highest BCUT2D eigenvalue weighted by Gasteiger charge is 2.31. The molecule has 0 spiro atoms. The molecule has 10 heteroatoms. The molecule has 1 atom stereocenters. The van der Waals surface area contributed by atoms with E-state index in [0.717, 1.165) is 16.6 Å². The molecule has 0 bridgehead atoms. The molecule has 0 saturated carbocycles. The number of rotatable bonds is 10. The molecule has 2 aromatic rings. The SMILES string of the molecule is CCC(C(=O)NC)N(Cc1cccc(OC)c1)C(=O)CN(c1cccc(F)c1)S(C)(=O)=O. The molecule has 0 aliphatic carbocycles. The van der Waals surface area contributed by atoms with E-state index in [9.17, 15) is 22.4 Å². The van der Waals surface area contributed by atoms with Crippen molar-refractivity contribution < 1.29 is 27.1 Å². The number of hydrogen-bond donors (Lipinski definition) is 1. The summed E-state index contributed by atoms with van der Waals surface area (Å²) in [5.41, 5.74) is 0.729. The molecule has 0 aromatic heterocycles. The van der Waals surface area contributed by atoms with Crippen LogP contribution in [0.3, 0.4) is 0 Å². The first-order chi connectivity index (χ1) is 15.1. The number of halogens is 1. The third-order valence-corrected chi connectivity index (χ3v) is 6.04. The summed E-state index contributed by atoms with van der Waals surface area (Å²) in [5.74, 6) is -1.02. The monoisotopic (exact) mass is 465 g/mol. The second-order valence-electron chi connectivity index (χ2n) is 7.16. The maximum Gasteiger partial charge on any atom is 0.244 e. The molecule has 2 amide bonds. The molecule has 0 heterocycles. The van der Waals surface area contributed by atoms with Crippen molar-refractivity contribution in [1.29, 1.82) is 0 Å². The van der Waals surface area contributed by atoms with Crippen LogP contribution < -0.4 is 14.4 Å². The van der Waals surface area contributed by atoms with Crippen LogP contribution in [0.4, 0.5) is 10.1 Å². The number of carbonyl (C=O) groups excluding carboxylic acids is 2. The predicted octanol–water partition coefficient (Wildman–Crippen LogP) is 2.15. The Morgan fingerprint density at radius 3 is 2.41 bits per heavy atom. The second-order valence-corrected chi connectivity index (χ2v) is 9.07. The Kier molecular flexibility index (Phi) is 8.59. The number of carbonyl (C=O) groups is 2. The van der Waals surface area contributed by atoms with Crippen LogP contribution in [0.5, 0.6) is 5.75 Å². The number of likely N-dealkylation sites (N-methyl/N-ethyl adjacent to an activating group) is 1. The summed E-state index contributed by atoms with van der Waals surface area (Å²) in [7, 11) is -0.921. The molecular weight excluding hydrogens is 437 g/mol. The van der Waals surface area contributed by atoms with Gasteiger partial charge in [0.25, 0.3) is 0 Å². The lowest BCUT2D eigenvalue weighted by atomic mass is 10.1. The van der Waals surface area contributed by atoms with E-state index in [0.29, 0.717) is 17.7 Å². The number of ether oxygens (including phenoxy) is 1. The number of sulfonamides is 1. The van der Waals surface area contributed by atoms with E-state index >= 15 is 0 Å². The van der Waals surface area contributed by atoms with E-state index in [-0.39, 0.29) is 18.1 Å². The zero-order valence-corrected chi connectivity index (χ0v) is 19.4. The Labute approximate surface area is 188 Å². The van der Waals surface area contributed by atoms with Gasteiger partial charge in [0.1, 0.15) is 24.2 Å². The molecule has 8 nitrogen and oxygen atoms in total. The standard InChI is InChI=1S/C22H28FN3O5S/c1-5-20(22(28)24-2)25(14-16-8-6-11-19(12-16)31-3)21(27)15-26(32(4,29)30)18-10-7-9-17(23)13-18/h6-13,20H,5,14-15H2,1-4H3,(H,24,28). The first kappa shape index (κ1) is 25.1. The summed E-state index contributed by atoms with van der Waals surface area (Å²) in [6.07, 6.45) is 1.25. The van der Waals surface area contributed by atoms with Gasteiger partial charge in [-0.1, -0.05) is 25.1 Å². The van der Waals surface area contributed by atoms with Gasteiger partial charge in [0.2, 0.25) is 21.8 Å². The third-order valence-electron chi connectivity index (χ3n) is 4.89. The van der Waals surface area contributed by atoms with E-state index in [2.05, 4.69) is 5.32 Å². The molecule has 0 aliphatic rings. The summed E-state index contributed by atoms with van der Waals surface area (Å²) in [6, 6.07) is 11.2. The number of benzene rings is 2. The smallest absolute Gasteiger partial charge is 0.244 e.